The van der Waals surface area contributed by atoms with Crippen molar-refractivity contribution in [1.82, 2.24) is 10.3 Å². The highest BCUT2D eigenvalue weighted by molar-refractivity contribution is 7.86. The summed E-state index contributed by atoms with van der Waals surface area (Å²) in [5.41, 5.74) is 9.05. The number of hydrogen-bond acceptors (Lipinski definition) is 6. The van der Waals surface area contributed by atoms with Gasteiger partial charge >= 0.3 is 0 Å². The Morgan fingerprint density at radius 3 is 2.44 bits per heavy atom. The molecule has 0 aliphatic heterocycles. The molecule has 6 nitrogen and oxygen atoms in total. The Kier molecular flexibility index (Phi) is 11.3. The summed E-state index contributed by atoms with van der Waals surface area (Å²) in [5.74, 6) is 0. The number of aliphatic hydroxyl groups is 1. The number of anilines is 1. The van der Waals surface area contributed by atoms with E-state index >= 15 is 0 Å². The minimum absolute atomic E-state index is 0.317. The fourth-order valence-corrected chi connectivity index (χ4v) is 3.80. The van der Waals surface area contributed by atoms with Gasteiger partial charge in [0.15, 0.2) is 0 Å². The summed E-state index contributed by atoms with van der Waals surface area (Å²) in [6.07, 6.45) is 5.30. The first kappa shape index (κ1) is 26.0. The minimum Gasteiger partial charge on any atom is -0.389 e. The number of benzene rings is 2. The predicted molar refractivity (Wildman–Crippen MR) is 139 cm³/mol. The van der Waals surface area contributed by atoms with Crippen molar-refractivity contribution in [2.75, 3.05) is 24.1 Å². The molecular weight excluding hydrogens is 460 g/mol. The van der Waals surface area contributed by atoms with E-state index in [0.717, 1.165) is 35.3 Å². The molecule has 0 saturated heterocycles. The first-order valence-electron chi connectivity index (χ1n) is 9.93. The molecule has 1 heterocycles. The van der Waals surface area contributed by atoms with Gasteiger partial charge in [0.1, 0.15) is 16.0 Å². The van der Waals surface area contributed by atoms with Crippen LogP contribution >= 0.6 is 24.8 Å². The lowest BCUT2D eigenvalue weighted by Crippen LogP contribution is -2.23. The average Bonchev–Trinajstić information content (AvgIpc) is 2.84. The molecule has 0 aliphatic carbocycles. The van der Waals surface area contributed by atoms with Crippen LogP contribution < -0.4 is 15.8 Å². The Morgan fingerprint density at radius 1 is 1.16 bits per heavy atom. The number of aliphatic hydroxyl groups excluding tert-OH is 1. The summed E-state index contributed by atoms with van der Waals surface area (Å²) in [6.45, 7) is 1.21. The molecule has 0 fully saturated rings. The van der Waals surface area contributed by atoms with E-state index < -0.39 is 17.1 Å². The highest BCUT2D eigenvalue weighted by Gasteiger charge is 2.07. The third kappa shape index (κ3) is 8.33. The second kappa shape index (κ2) is 14.0. The molecule has 2 aromatic carbocycles. The first-order chi connectivity index (χ1) is 15.5. The third-order valence-electron chi connectivity index (χ3n) is 4.51. The Labute approximate surface area is 202 Å². The monoisotopic (exact) mass is 488 g/mol. The van der Waals surface area contributed by atoms with E-state index in [2.05, 4.69) is 27.7 Å². The van der Waals surface area contributed by atoms with Crippen LogP contribution in [-0.4, -0.2) is 38.6 Å². The minimum atomic E-state index is -1.37. The number of thiol groups is 1. The molecule has 32 heavy (non-hydrogen) atoms. The normalized spacial score (nSPS) is 12.2. The maximum absolute atomic E-state index is 12.5. The highest BCUT2D eigenvalue weighted by atomic mass is 32.2. The largest absolute Gasteiger partial charge is 0.389 e. The lowest BCUT2D eigenvalue weighted by atomic mass is 10.1. The Hall–Kier alpha value is -2.30. The number of nitrogens with one attached hydrogen (secondary N) is 2. The number of thiocarbonyl (C=S) groups is 1. The van der Waals surface area contributed by atoms with Crippen LogP contribution in [0, 0.1) is 0 Å². The van der Waals surface area contributed by atoms with Gasteiger partial charge in [-0.3, -0.25) is 4.98 Å². The summed E-state index contributed by atoms with van der Waals surface area (Å²) in [5, 5.41) is 13.4. The van der Waals surface area contributed by atoms with Gasteiger partial charge in [0, 0.05) is 35.8 Å². The fourth-order valence-electron chi connectivity index (χ4n) is 2.81. The lowest BCUT2D eigenvalue weighted by molar-refractivity contribution is 0.174. The van der Waals surface area contributed by atoms with Gasteiger partial charge < -0.3 is 20.9 Å². The van der Waals surface area contributed by atoms with Crippen LogP contribution in [0.1, 0.15) is 22.8 Å². The van der Waals surface area contributed by atoms with Gasteiger partial charge in [0.2, 0.25) is 0 Å². The summed E-state index contributed by atoms with van der Waals surface area (Å²) >= 11 is 8.46. The van der Waals surface area contributed by atoms with Gasteiger partial charge in [0.05, 0.1) is 11.0 Å². The zero-order valence-corrected chi connectivity index (χ0v) is 20.3. The smallest absolute Gasteiger partial charge is 0.150 e. The summed E-state index contributed by atoms with van der Waals surface area (Å²) in [4.78, 5) is 4.98. The molecule has 3 rings (SSSR count). The van der Waals surface area contributed by atoms with E-state index in [1.165, 1.54) is 0 Å². The van der Waals surface area contributed by atoms with E-state index in [1.54, 1.807) is 42.9 Å². The molecule has 0 amide bonds. The molecule has 9 heteroatoms. The number of aromatic nitrogens is 1. The van der Waals surface area contributed by atoms with Gasteiger partial charge in [-0.1, -0.05) is 42.5 Å². The zero-order chi connectivity index (χ0) is 23.3. The van der Waals surface area contributed by atoms with Gasteiger partial charge in [-0.15, -0.1) is 0 Å². The maximum Gasteiger partial charge on any atom is 0.150 e. The molecule has 170 valence electrons. The van der Waals surface area contributed by atoms with Crippen molar-refractivity contribution >= 4 is 46.5 Å². The molecule has 1 aromatic heterocycles. The standard InChI is InChI=1S/C22H24N4O2S2.CH4S/c23-22(29)17-5-9-20(10-6-17)30(28)26-19-7-3-16(4-8-19)11-13-25-15-21(27)18-2-1-12-24-14-18;1-2/h1-10,12,14,21,25-27H,11,13,15H2,(H2,23,29);2H,1H3. The molecule has 3 aromatic rings. The van der Waals surface area contributed by atoms with Gasteiger partial charge in [-0.05, 0) is 55.1 Å². The predicted octanol–water partition coefficient (Wildman–Crippen LogP) is 3.26. The molecule has 2 atom stereocenters. The highest BCUT2D eigenvalue weighted by Crippen LogP contribution is 2.15. The Bertz CT molecular complexity index is 984. The van der Waals surface area contributed by atoms with Crippen LogP contribution in [0.3, 0.4) is 0 Å². The summed E-state index contributed by atoms with van der Waals surface area (Å²) in [7, 11) is -1.37. The van der Waals surface area contributed by atoms with Gasteiger partial charge in [-0.2, -0.15) is 12.6 Å². The molecule has 5 N–H and O–H groups in total. The summed E-state index contributed by atoms with van der Waals surface area (Å²) < 4.78 is 15.5. The third-order valence-corrected chi connectivity index (χ3v) is 5.87. The molecule has 0 radical (unpaired) electrons. The molecular formula is C23H28N4O2S3. The topological polar surface area (TPSA) is 100 Å². The van der Waals surface area contributed by atoms with E-state index in [4.69, 9.17) is 18.0 Å². The molecule has 2 unspecified atom stereocenters. The van der Waals surface area contributed by atoms with E-state index in [9.17, 15) is 9.32 Å². The van der Waals surface area contributed by atoms with E-state index in [0.29, 0.717) is 16.4 Å². The Balaban J connectivity index is 0.00000176. The van der Waals surface area contributed by atoms with Crippen molar-refractivity contribution in [3.05, 3.63) is 89.7 Å². The van der Waals surface area contributed by atoms with Crippen LogP contribution in [0.4, 0.5) is 5.69 Å². The number of rotatable bonds is 10. The van der Waals surface area contributed by atoms with Crippen LogP contribution in [-0.2, 0) is 17.4 Å². The quantitative estimate of drug-likeness (QED) is 0.171. The van der Waals surface area contributed by atoms with E-state index in [1.807, 2.05) is 36.4 Å². The second-order valence-corrected chi connectivity index (χ2v) is 8.37. The van der Waals surface area contributed by atoms with Crippen LogP contribution in [0.5, 0.6) is 0 Å². The lowest BCUT2D eigenvalue weighted by Gasteiger charge is -2.12. The van der Waals surface area contributed by atoms with Crippen LogP contribution in [0.15, 0.2) is 78.0 Å². The van der Waals surface area contributed by atoms with Gasteiger partial charge in [-0.25, -0.2) is 4.21 Å². The molecule has 0 bridgehead atoms. The maximum atomic E-state index is 12.5. The SMILES string of the molecule is CS.NC(=S)c1ccc(S(=O)Nc2ccc(CCNCC(O)c3cccnc3)cc2)cc1. The number of pyridine rings is 1. The zero-order valence-electron chi connectivity index (χ0n) is 17.8. The van der Waals surface area contributed by atoms with E-state index in [-0.39, 0.29) is 0 Å². The van der Waals surface area contributed by atoms with Crippen molar-refractivity contribution in [2.24, 2.45) is 5.73 Å². The molecule has 0 spiro atoms. The number of hydrogen-bond donors (Lipinski definition) is 5. The average molecular weight is 489 g/mol. The van der Waals surface area contributed by atoms with Crippen molar-refractivity contribution < 1.29 is 9.32 Å². The molecule has 0 saturated carbocycles. The summed E-state index contributed by atoms with van der Waals surface area (Å²) in [6, 6.07) is 18.5. The van der Waals surface area contributed by atoms with Crippen molar-refractivity contribution in [3.63, 3.8) is 0 Å². The van der Waals surface area contributed by atoms with Crippen LogP contribution in [0.25, 0.3) is 0 Å². The van der Waals surface area contributed by atoms with Crippen molar-refractivity contribution in [2.45, 2.75) is 17.4 Å². The van der Waals surface area contributed by atoms with Gasteiger partial charge in [0.25, 0.3) is 0 Å². The van der Waals surface area contributed by atoms with Crippen molar-refractivity contribution in [1.29, 1.82) is 0 Å². The molecule has 0 aliphatic rings. The number of nitrogens with two attached hydrogens (primary N) is 1. The van der Waals surface area contributed by atoms with Crippen molar-refractivity contribution in [3.8, 4) is 0 Å². The fraction of sp³-hybridized carbons (Fsp3) is 0.217. The van der Waals surface area contributed by atoms with Crippen LogP contribution in [0.2, 0.25) is 0 Å². The second-order valence-electron chi connectivity index (χ2n) is 6.71. The Morgan fingerprint density at radius 2 is 1.84 bits per heavy atom. The number of nitrogens with zero attached hydrogens (tertiary/aromatic N) is 1. The first-order valence-corrected chi connectivity index (χ1v) is 12.4.